The molecule has 0 unspecified atom stereocenters. The zero-order valence-electron chi connectivity index (χ0n) is 8.10. The van der Waals surface area contributed by atoms with Crippen molar-refractivity contribution in [3.8, 4) is 0 Å². The monoisotopic (exact) mass is 182 g/mol. The molecule has 0 saturated carbocycles. The summed E-state index contributed by atoms with van der Waals surface area (Å²) >= 11 is 0. The fourth-order valence-corrected chi connectivity index (χ4v) is 4.21. The first-order valence-electron chi connectivity index (χ1n) is 4.51. The summed E-state index contributed by atoms with van der Waals surface area (Å²) in [6, 6.07) is 1.26. The Morgan fingerprint density at radius 2 is 1.92 bits per heavy atom. The first-order chi connectivity index (χ1) is 5.54. The molecule has 0 amide bonds. The fraction of sp³-hybridized carbons (Fsp3) is 0.600. The van der Waals surface area contributed by atoms with Crippen LogP contribution in [-0.2, 0) is 4.43 Å². The lowest BCUT2D eigenvalue weighted by Crippen LogP contribution is -2.45. The number of rotatable bonds is 2. The van der Waals surface area contributed by atoms with E-state index in [1.165, 1.54) is 12.5 Å². The molecule has 1 heterocycles. The SMILES string of the molecule is C=CC1(C=C)CCC[Si](C)(C)O1. The molecule has 0 atom stereocenters. The van der Waals surface area contributed by atoms with Crippen molar-refractivity contribution in [2.24, 2.45) is 0 Å². The first kappa shape index (κ1) is 9.74. The lowest BCUT2D eigenvalue weighted by Gasteiger charge is -2.41. The maximum absolute atomic E-state index is 6.06. The molecular weight excluding hydrogens is 164 g/mol. The summed E-state index contributed by atoms with van der Waals surface area (Å²) in [6.45, 7) is 12.2. The highest BCUT2D eigenvalue weighted by molar-refractivity contribution is 6.71. The van der Waals surface area contributed by atoms with Gasteiger partial charge in [0.25, 0.3) is 0 Å². The molecule has 0 aromatic carbocycles. The average Bonchev–Trinajstić information content (AvgIpc) is 2.02. The van der Waals surface area contributed by atoms with Crippen molar-refractivity contribution in [1.29, 1.82) is 0 Å². The van der Waals surface area contributed by atoms with Crippen LogP contribution in [0.5, 0.6) is 0 Å². The molecular formula is C10H18OSi. The Balaban J connectivity index is 2.79. The first-order valence-corrected chi connectivity index (χ1v) is 7.62. The van der Waals surface area contributed by atoms with E-state index in [0.29, 0.717) is 0 Å². The van der Waals surface area contributed by atoms with Gasteiger partial charge in [0.15, 0.2) is 8.32 Å². The van der Waals surface area contributed by atoms with Gasteiger partial charge in [0, 0.05) is 0 Å². The van der Waals surface area contributed by atoms with Crippen LogP contribution in [0, 0.1) is 0 Å². The molecule has 1 aliphatic rings. The molecule has 1 saturated heterocycles. The number of hydrogen-bond acceptors (Lipinski definition) is 1. The summed E-state index contributed by atoms with van der Waals surface area (Å²) in [5.41, 5.74) is -0.214. The van der Waals surface area contributed by atoms with Gasteiger partial charge in [0.2, 0.25) is 0 Å². The van der Waals surface area contributed by atoms with Crippen LogP contribution in [0.25, 0.3) is 0 Å². The van der Waals surface area contributed by atoms with Gasteiger partial charge in [-0.15, -0.1) is 0 Å². The summed E-state index contributed by atoms with van der Waals surface area (Å²) in [6.07, 6.45) is 6.09. The van der Waals surface area contributed by atoms with E-state index >= 15 is 0 Å². The minimum Gasteiger partial charge on any atom is -0.405 e. The van der Waals surface area contributed by atoms with Crippen LogP contribution in [0.2, 0.25) is 19.1 Å². The standard InChI is InChI=1S/C10H18OSi/c1-5-10(6-2)8-7-9-12(3,4)11-10/h5-6H,1-2,7-9H2,3-4H3. The minimum atomic E-state index is -1.41. The van der Waals surface area contributed by atoms with Crippen LogP contribution >= 0.6 is 0 Å². The van der Waals surface area contributed by atoms with Gasteiger partial charge >= 0.3 is 0 Å². The van der Waals surface area contributed by atoms with Gasteiger partial charge in [-0.1, -0.05) is 31.7 Å². The zero-order chi connectivity index (χ0) is 9.24. The van der Waals surface area contributed by atoms with E-state index in [1.54, 1.807) is 0 Å². The highest BCUT2D eigenvalue weighted by Crippen LogP contribution is 2.34. The van der Waals surface area contributed by atoms with E-state index in [1.807, 2.05) is 12.2 Å². The van der Waals surface area contributed by atoms with Crippen molar-refractivity contribution in [3.63, 3.8) is 0 Å². The summed E-state index contributed by atoms with van der Waals surface area (Å²) < 4.78 is 6.06. The Bertz CT molecular complexity index is 188. The maximum atomic E-state index is 6.06. The third-order valence-electron chi connectivity index (χ3n) is 2.50. The van der Waals surface area contributed by atoms with E-state index in [2.05, 4.69) is 26.3 Å². The molecule has 0 aliphatic carbocycles. The predicted molar refractivity (Wildman–Crippen MR) is 55.7 cm³/mol. The zero-order valence-corrected chi connectivity index (χ0v) is 9.10. The van der Waals surface area contributed by atoms with Gasteiger partial charge in [-0.3, -0.25) is 0 Å². The average molecular weight is 182 g/mol. The highest BCUT2D eigenvalue weighted by atomic mass is 28.4. The highest BCUT2D eigenvalue weighted by Gasteiger charge is 2.37. The van der Waals surface area contributed by atoms with Crippen molar-refractivity contribution in [2.45, 2.75) is 37.6 Å². The van der Waals surface area contributed by atoms with Gasteiger partial charge in [0.1, 0.15) is 0 Å². The van der Waals surface area contributed by atoms with E-state index in [-0.39, 0.29) is 5.60 Å². The van der Waals surface area contributed by atoms with Crippen molar-refractivity contribution in [3.05, 3.63) is 25.3 Å². The second-order valence-electron chi connectivity index (χ2n) is 4.08. The van der Waals surface area contributed by atoms with Crippen LogP contribution in [0.15, 0.2) is 25.3 Å². The maximum Gasteiger partial charge on any atom is 0.188 e. The van der Waals surface area contributed by atoms with Crippen LogP contribution in [0.1, 0.15) is 12.8 Å². The van der Waals surface area contributed by atoms with Crippen molar-refractivity contribution >= 4 is 8.32 Å². The quantitative estimate of drug-likeness (QED) is 0.471. The lowest BCUT2D eigenvalue weighted by atomic mass is 9.99. The van der Waals surface area contributed by atoms with Crippen LogP contribution in [0.4, 0.5) is 0 Å². The lowest BCUT2D eigenvalue weighted by molar-refractivity contribution is 0.131. The molecule has 0 spiro atoms. The molecule has 1 aliphatic heterocycles. The Morgan fingerprint density at radius 1 is 1.33 bits per heavy atom. The Labute approximate surface area is 76.3 Å². The Kier molecular flexibility index (Phi) is 2.59. The second kappa shape index (κ2) is 3.19. The molecule has 0 aromatic rings. The summed E-state index contributed by atoms with van der Waals surface area (Å²) in [4.78, 5) is 0. The molecule has 1 nitrogen and oxygen atoms in total. The van der Waals surface area contributed by atoms with Gasteiger partial charge in [0.05, 0.1) is 5.60 Å². The summed E-state index contributed by atoms with van der Waals surface area (Å²) in [7, 11) is -1.41. The topological polar surface area (TPSA) is 9.23 Å². The molecule has 1 rings (SSSR count). The smallest absolute Gasteiger partial charge is 0.188 e. The minimum absolute atomic E-state index is 0.214. The molecule has 2 heteroatoms. The van der Waals surface area contributed by atoms with E-state index < -0.39 is 8.32 Å². The largest absolute Gasteiger partial charge is 0.405 e. The normalized spacial score (nSPS) is 26.2. The van der Waals surface area contributed by atoms with E-state index in [9.17, 15) is 0 Å². The van der Waals surface area contributed by atoms with Crippen LogP contribution in [0.3, 0.4) is 0 Å². The molecule has 12 heavy (non-hydrogen) atoms. The molecule has 0 N–H and O–H groups in total. The van der Waals surface area contributed by atoms with Crippen molar-refractivity contribution in [1.82, 2.24) is 0 Å². The van der Waals surface area contributed by atoms with Gasteiger partial charge in [-0.25, -0.2) is 0 Å². The second-order valence-corrected chi connectivity index (χ2v) is 8.30. The third kappa shape index (κ3) is 1.87. The predicted octanol–water partition coefficient (Wildman–Crippen LogP) is 3.11. The molecule has 0 aromatic heterocycles. The van der Waals surface area contributed by atoms with Crippen LogP contribution < -0.4 is 0 Å². The van der Waals surface area contributed by atoms with E-state index in [0.717, 1.165) is 6.42 Å². The van der Waals surface area contributed by atoms with Crippen molar-refractivity contribution in [2.75, 3.05) is 0 Å². The molecule has 0 radical (unpaired) electrons. The number of hydrogen-bond donors (Lipinski definition) is 0. The van der Waals surface area contributed by atoms with Crippen molar-refractivity contribution < 1.29 is 4.43 Å². The van der Waals surface area contributed by atoms with Gasteiger partial charge in [-0.2, -0.15) is 0 Å². The Morgan fingerprint density at radius 3 is 2.25 bits per heavy atom. The Hall–Kier alpha value is -0.343. The molecule has 0 bridgehead atoms. The van der Waals surface area contributed by atoms with Gasteiger partial charge in [-0.05, 0) is 25.6 Å². The fourth-order valence-electron chi connectivity index (χ4n) is 1.78. The molecule has 68 valence electrons. The molecule has 1 fully saturated rings. The van der Waals surface area contributed by atoms with Gasteiger partial charge < -0.3 is 4.43 Å². The van der Waals surface area contributed by atoms with Crippen LogP contribution in [-0.4, -0.2) is 13.9 Å². The third-order valence-corrected chi connectivity index (χ3v) is 4.99. The summed E-state index contributed by atoms with van der Waals surface area (Å²) in [5, 5.41) is 0. The van der Waals surface area contributed by atoms with E-state index in [4.69, 9.17) is 4.43 Å². The summed E-state index contributed by atoms with van der Waals surface area (Å²) in [5.74, 6) is 0.